The molecule has 14 heavy (non-hydrogen) atoms. The van der Waals surface area contributed by atoms with Crippen LogP contribution < -0.4 is 5.32 Å². The molecule has 0 aliphatic heterocycles. The fraction of sp³-hybridized carbons (Fsp3) is 0.444. The Kier molecular flexibility index (Phi) is 4.86. The molecule has 2 N–H and O–H groups in total. The minimum Gasteiger partial charge on any atom is -0.389 e. The molecule has 1 heterocycles. The minimum absolute atomic E-state index is 0.329. The maximum atomic E-state index is 9.38. The van der Waals surface area contributed by atoms with Gasteiger partial charge in [0.1, 0.15) is 0 Å². The lowest BCUT2D eigenvalue weighted by Crippen LogP contribution is -2.24. The average Bonchev–Trinajstić information content (AvgIpc) is 2.17. The summed E-state index contributed by atoms with van der Waals surface area (Å²) in [5, 5.41) is 12.5. The standard InChI is InChI=1S/C9H13BrN2O2/c1-14-6-7(13)4-12-9-2-3-11-5-8(9)10/h2-3,5,7,13H,4,6H2,1H3,(H,11,12). The van der Waals surface area contributed by atoms with E-state index in [4.69, 9.17) is 4.74 Å². The van der Waals surface area contributed by atoms with Gasteiger partial charge in [-0.05, 0) is 22.0 Å². The Balaban J connectivity index is 2.41. The van der Waals surface area contributed by atoms with Crippen molar-refractivity contribution < 1.29 is 9.84 Å². The zero-order chi connectivity index (χ0) is 10.4. The van der Waals surface area contributed by atoms with E-state index >= 15 is 0 Å². The number of ether oxygens (including phenoxy) is 1. The van der Waals surface area contributed by atoms with E-state index < -0.39 is 6.10 Å². The molecule has 0 aromatic carbocycles. The third-order valence-electron chi connectivity index (χ3n) is 1.66. The summed E-state index contributed by atoms with van der Waals surface area (Å²) in [7, 11) is 1.56. The predicted molar refractivity (Wildman–Crippen MR) is 58.3 cm³/mol. The Morgan fingerprint density at radius 2 is 2.50 bits per heavy atom. The van der Waals surface area contributed by atoms with Gasteiger partial charge in [-0.2, -0.15) is 0 Å². The summed E-state index contributed by atoms with van der Waals surface area (Å²) in [6, 6.07) is 1.84. The van der Waals surface area contributed by atoms with Crippen LogP contribution in [0.15, 0.2) is 22.9 Å². The number of nitrogens with zero attached hydrogens (tertiary/aromatic N) is 1. The van der Waals surface area contributed by atoms with Gasteiger partial charge in [-0.15, -0.1) is 0 Å². The van der Waals surface area contributed by atoms with E-state index in [2.05, 4.69) is 26.2 Å². The van der Waals surface area contributed by atoms with Crippen molar-refractivity contribution in [3.05, 3.63) is 22.9 Å². The Bertz CT molecular complexity index is 283. The van der Waals surface area contributed by atoms with Crippen LogP contribution in [0.25, 0.3) is 0 Å². The fourth-order valence-electron chi connectivity index (χ4n) is 0.998. The van der Waals surface area contributed by atoms with Crippen molar-refractivity contribution in [1.29, 1.82) is 0 Å². The van der Waals surface area contributed by atoms with E-state index in [-0.39, 0.29) is 0 Å². The highest BCUT2D eigenvalue weighted by molar-refractivity contribution is 9.10. The monoisotopic (exact) mass is 260 g/mol. The second-order valence-corrected chi connectivity index (χ2v) is 3.70. The molecule has 1 unspecified atom stereocenters. The molecule has 0 aliphatic carbocycles. The highest BCUT2D eigenvalue weighted by Crippen LogP contribution is 2.19. The van der Waals surface area contributed by atoms with Crippen LogP contribution in [-0.2, 0) is 4.74 Å². The van der Waals surface area contributed by atoms with E-state index in [1.54, 1.807) is 19.5 Å². The Hall–Kier alpha value is -0.650. The summed E-state index contributed by atoms with van der Waals surface area (Å²) in [4.78, 5) is 3.93. The van der Waals surface area contributed by atoms with Crippen LogP contribution >= 0.6 is 15.9 Å². The summed E-state index contributed by atoms with van der Waals surface area (Å²) < 4.78 is 5.69. The molecular weight excluding hydrogens is 248 g/mol. The van der Waals surface area contributed by atoms with Crippen molar-refractivity contribution in [3.8, 4) is 0 Å². The number of rotatable bonds is 5. The summed E-state index contributed by atoms with van der Waals surface area (Å²) in [6.45, 7) is 0.784. The largest absolute Gasteiger partial charge is 0.389 e. The third kappa shape index (κ3) is 3.61. The van der Waals surface area contributed by atoms with Crippen molar-refractivity contribution in [2.75, 3.05) is 25.6 Å². The second kappa shape index (κ2) is 5.95. The number of aliphatic hydroxyl groups is 1. The molecule has 0 spiro atoms. The molecule has 0 fully saturated rings. The number of nitrogens with one attached hydrogen (secondary N) is 1. The second-order valence-electron chi connectivity index (χ2n) is 2.85. The molecule has 1 aromatic heterocycles. The third-order valence-corrected chi connectivity index (χ3v) is 2.29. The Morgan fingerprint density at radius 1 is 1.71 bits per heavy atom. The molecule has 1 atom stereocenters. The van der Waals surface area contributed by atoms with Crippen LogP contribution in [0.3, 0.4) is 0 Å². The van der Waals surface area contributed by atoms with Gasteiger partial charge in [0.05, 0.1) is 22.9 Å². The quantitative estimate of drug-likeness (QED) is 0.837. The van der Waals surface area contributed by atoms with Crippen LogP contribution in [-0.4, -0.2) is 36.5 Å². The minimum atomic E-state index is -0.500. The van der Waals surface area contributed by atoms with Gasteiger partial charge in [0.15, 0.2) is 0 Å². The number of methoxy groups -OCH3 is 1. The molecule has 4 nitrogen and oxygen atoms in total. The summed E-state index contributed by atoms with van der Waals surface area (Å²) in [5.41, 5.74) is 0.912. The molecule has 0 amide bonds. The van der Waals surface area contributed by atoms with Crippen LogP contribution in [0.2, 0.25) is 0 Å². The SMILES string of the molecule is COCC(O)CNc1ccncc1Br. The number of hydrogen-bond donors (Lipinski definition) is 2. The van der Waals surface area contributed by atoms with Crippen LogP contribution in [0, 0.1) is 0 Å². The zero-order valence-electron chi connectivity index (χ0n) is 7.90. The number of aliphatic hydroxyl groups excluding tert-OH is 1. The van der Waals surface area contributed by atoms with Crippen molar-refractivity contribution >= 4 is 21.6 Å². The lowest BCUT2D eigenvalue weighted by Gasteiger charge is -2.12. The Labute approximate surface area is 91.4 Å². The van der Waals surface area contributed by atoms with Gasteiger partial charge in [-0.3, -0.25) is 4.98 Å². The zero-order valence-corrected chi connectivity index (χ0v) is 9.49. The molecular formula is C9H13BrN2O2. The van der Waals surface area contributed by atoms with E-state index in [0.29, 0.717) is 13.2 Å². The molecule has 0 saturated carbocycles. The van der Waals surface area contributed by atoms with Gasteiger partial charge < -0.3 is 15.2 Å². The van der Waals surface area contributed by atoms with Crippen molar-refractivity contribution in [2.45, 2.75) is 6.10 Å². The maximum absolute atomic E-state index is 9.38. The van der Waals surface area contributed by atoms with Crippen LogP contribution in [0.1, 0.15) is 0 Å². The summed E-state index contributed by atoms with van der Waals surface area (Å²) in [5.74, 6) is 0. The highest BCUT2D eigenvalue weighted by Gasteiger charge is 2.04. The summed E-state index contributed by atoms with van der Waals surface area (Å²) >= 11 is 3.35. The van der Waals surface area contributed by atoms with Gasteiger partial charge in [0, 0.05) is 26.0 Å². The van der Waals surface area contributed by atoms with Crippen molar-refractivity contribution in [1.82, 2.24) is 4.98 Å². The molecule has 0 radical (unpaired) electrons. The maximum Gasteiger partial charge on any atom is 0.0945 e. The van der Waals surface area contributed by atoms with E-state index in [1.165, 1.54) is 0 Å². The van der Waals surface area contributed by atoms with Crippen LogP contribution in [0.5, 0.6) is 0 Å². The first kappa shape index (κ1) is 11.4. The molecule has 78 valence electrons. The molecule has 1 aromatic rings. The Morgan fingerprint density at radius 3 is 3.14 bits per heavy atom. The van der Waals surface area contributed by atoms with Gasteiger partial charge >= 0.3 is 0 Å². The van der Waals surface area contributed by atoms with Gasteiger partial charge in [0.2, 0.25) is 0 Å². The number of hydrogen-bond acceptors (Lipinski definition) is 4. The first-order valence-electron chi connectivity index (χ1n) is 4.24. The normalized spacial score (nSPS) is 12.5. The summed E-state index contributed by atoms with van der Waals surface area (Å²) in [6.07, 6.45) is 2.89. The lowest BCUT2D eigenvalue weighted by molar-refractivity contribution is 0.0727. The number of halogens is 1. The number of anilines is 1. The topological polar surface area (TPSA) is 54.4 Å². The smallest absolute Gasteiger partial charge is 0.0945 e. The first-order valence-corrected chi connectivity index (χ1v) is 5.03. The number of pyridine rings is 1. The van der Waals surface area contributed by atoms with E-state index in [1.807, 2.05) is 6.07 Å². The molecule has 0 aliphatic rings. The van der Waals surface area contributed by atoms with Crippen molar-refractivity contribution in [2.24, 2.45) is 0 Å². The number of aromatic nitrogens is 1. The molecule has 0 bridgehead atoms. The van der Waals surface area contributed by atoms with Crippen molar-refractivity contribution in [3.63, 3.8) is 0 Å². The highest BCUT2D eigenvalue weighted by atomic mass is 79.9. The predicted octanol–water partition coefficient (Wildman–Crippen LogP) is 1.26. The lowest BCUT2D eigenvalue weighted by atomic mass is 10.3. The molecule has 1 rings (SSSR count). The first-order chi connectivity index (χ1) is 6.74. The molecule has 0 saturated heterocycles. The molecule has 5 heteroatoms. The van der Waals surface area contributed by atoms with E-state index in [9.17, 15) is 5.11 Å². The van der Waals surface area contributed by atoms with Gasteiger partial charge in [0.25, 0.3) is 0 Å². The fourth-order valence-corrected chi connectivity index (χ4v) is 1.39. The van der Waals surface area contributed by atoms with E-state index in [0.717, 1.165) is 10.2 Å². The average molecular weight is 261 g/mol. The van der Waals surface area contributed by atoms with Gasteiger partial charge in [-0.1, -0.05) is 0 Å². The van der Waals surface area contributed by atoms with Gasteiger partial charge in [-0.25, -0.2) is 0 Å². The van der Waals surface area contributed by atoms with Crippen LogP contribution in [0.4, 0.5) is 5.69 Å².